The van der Waals surface area contributed by atoms with Gasteiger partial charge in [0, 0.05) is 10.4 Å². The highest BCUT2D eigenvalue weighted by Crippen LogP contribution is 2.33. The van der Waals surface area contributed by atoms with Gasteiger partial charge in [-0.3, -0.25) is 0 Å². The van der Waals surface area contributed by atoms with E-state index in [-0.39, 0.29) is 5.89 Å². The van der Waals surface area contributed by atoms with Crippen LogP contribution in [-0.4, -0.2) is 30.2 Å². The summed E-state index contributed by atoms with van der Waals surface area (Å²) in [6, 6.07) is 9.13. The Morgan fingerprint density at radius 1 is 1.07 bits per heavy atom. The van der Waals surface area contributed by atoms with Crippen LogP contribution in [0.4, 0.5) is 18.3 Å². The molecular weight excluding hydrogens is 439 g/mol. The highest BCUT2D eigenvalue weighted by atomic mass is 32.1. The molecule has 5 aromatic rings. The quantitative estimate of drug-likeness (QED) is 0.435. The number of anilines is 1. The van der Waals surface area contributed by atoms with E-state index in [4.69, 9.17) is 10.2 Å². The lowest BCUT2D eigenvalue weighted by Crippen LogP contribution is -2.04. The van der Waals surface area contributed by atoms with Crippen molar-refractivity contribution in [3.8, 4) is 22.0 Å². The van der Waals surface area contributed by atoms with Crippen molar-refractivity contribution in [1.82, 2.24) is 30.2 Å². The van der Waals surface area contributed by atoms with Crippen LogP contribution in [0.2, 0.25) is 0 Å². The molecule has 0 aliphatic rings. The van der Waals surface area contributed by atoms with E-state index >= 15 is 0 Å². The first-order valence-electron chi connectivity index (χ1n) is 8.41. The normalized spacial score (nSPS) is 12.1. The molecule has 0 radical (unpaired) electrons. The molecule has 13 heteroatoms. The number of rotatable bonds is 4. The van der Waals surface area contributed by atoms with E-state index in [1.54, 1.807) is 23.0 Å². The van der Waals surface area contributed by atoms with Crippen LogP contribution in [-0.2, 0) is 12.7 Å². The molecule has 0 fully saturated rings. The summed E-state index contributed by atoms with van der Waals surface area (Å²) in [5.74, 6) is -1.54. The van der Waals surface area contributed by atoms with E-state index < -0.39 is 12.1 Å². The molecule has 2 N–H and O–H groups in total. The summed E-state index contributed by atoms with van der Waals surface area (Å²) >= 11 is 2.64. The first-order valence-corrected chi connectivity index (χ1v) is 10.0. The fourth-order valence-corrected chi connectivity index (χ4v) is 4.48. The molecule has 0 atom stereocenters. The zero-order valence-corrected chi connectivity index (χ0v) is 16.4. The maximum Gasteiger partial charge on any atom is 0.470 e. The van der Waals surface area contributed by atoms with Gasteiger partial charge in [-0.05, 0) is 24.3 Å². The summed E-state index contributed by atoms with van der Waals surface area (Å²) in [5.41, 5.74) is 8.14. The molecule has 0 bridgehead atoms. The molecule has 0 aliphatic heterocycles. The highest BCUT2D eigenvalue weighted by molar-refractivity contribution is 7.22. The minimum atomic E-state index is -4.67. The predicted molar refractivity (Wildman–Crippen MR) is 105 cm³/mol. The number of nitrogen functional groups attached to an aromatic ring is 1. The summed E-state index contributed by atoms with van der Waals surface area (Å²) in [6.45, 7) is 0.397. The van der Waals surface area contributed by atoms with Crippen molar-refractivity contribution in [3.05, 3.63) is 47.3 Å². The van der Waals surface area contributed by atoms with Crippen molar-refractivity contribution >= 4 is 38.0 Å². The van der Waals surface area contributed by atoms with Gasteiger partial charge in [0.2, 0.25) is 0 Å². The van der Waals surface area contributed by atoms with E-state index in [1.165, 1.54) is 22.7 Å². The van der Waals surface area contributed by atoms with E-state index in [1.807, 2.05) is 18.2 Å². The molecule has 5 rings (SSSR count). The second-order valence-corrected chi connectivity index (χ2v) is 8.44. The lowest BCUT2D eigenvalue weighted by molar-refractivity contribution is -0.156. The zero-order chi connectivity index (χ0) is 20.9. The van der Waals surface area contributed by atoms with Crippen molar-refractivity contribution in [3.63, 3.8) is 0 Å². The second kappa shape index (κ2) is 6.88. The number of hydrogen-bond donors (Lipinski definition) is 1. The van der Waals surface area contributed by atoms with Crippen molar-refractivity contribution in [2.45, 2.75) is 12.7 Å². The fourth-order valence-electron chi connectivity index (χ4n) is 2.78. The molecule has 1 aromatic carbocycles. The number of nitrogens with two attached hydrogens (primary N) is 1. The van der Waals surface area contributed by atoms with E-state index in [2.05, 4.69) is 25.5 Å². The van der Waals surface area contributed by atoms with Crippen LogP contribution >= 0.6 is 22.7 Å². The summed E-state index contributed by atoms with van der Waals surface area (Å²) < 4.78 is 45.2. The van der Waals surface area contributed by atoms with E-state index in [0.717, 1.165) is 20.7 Å². The van der Waals surface area contributed by atoms with Gasteiger partial charge < -0.3 is 10.2 Å². The number of aromatic nitrogens is 6. The minimum absolute atomic E-state index is 0.171. The van der Waals surface area contributed by atoms with Gasteiger partial charge in [-0.25, -0.2) is 9.67 Å². The molecule has 4 heterocycles. The standard InChI is InChI=1S/C17H10F3N7OS2/c18-17(19,20)15-25-24-14(28-15)12-4-2-9(29-12)6-27-7-11(23-26-27)8-1-3-10-13(5-8)30-16(21)22-10/h1-5,7H,6H2,(H2,21,22). The Morgan fingerprint density at radius 3 is 2.73 bits per heavy atom. The van der Waals surface area contributed by atoms with Gasteiger partial charge in [0.25, 0.3) is 5.89 Å². The Hall–Kier alpha value is -3.32. The van der Waals surface area contributed by atoms with Gasteiger partial charge >= 0.3 is 12.1 Å². The topological polar surface area (TPSA) is 109 Å². The van der Waals surface area contributed by atoms with Crippen LogP contribution in [0.5, 0.6) is 0 Å². The summed E-state index contributed by atoms with van der Waals surface area (Å²) in [6.07, 6.45) is -2.88. The third kappa shape index (κ3) is 3.52. The smallest absolute Gasteiger partial charge is 0.412 e. The Kier molecular flexibility index (Phi) is 4.29. The summed E-state index contributed by atoms with van der Waals surface area (Å²) in [7, 11) is 0. The van der Waals surface area contributed by atoms with Crippen molar-refractivity contribution in [2.75, 3.05) is 5.73 Å². The first kappa shape index (κ1) is 18.7. The number of halogens is 3. The number of fused-ring (bicyclic) bond motifs is 1. The molecule has 0 aliphatic carbocycles. The molecule has 8 nitrogen and oxygen atoms in total. The molecular formula is C17H10F3N7OS2. The molecule has 0 spiro atoms. The third-order valence-corrected chi connectivity index (χ3v) is 6.00. The largest absolute Gasteiger partial charge is 0.470 e. The van der Waals surface area contributed by atoms with Crippen molar-refractivity contribution in [2.24, 2.45) is 0 Å². The Morgan fingerprint density at radius 2 is 1.93 bits per heavy atom. The Labute approximate surface area is 173 Å². The van der Waals surface area contributed by atoms with Gasteiger partial charge in [-0.1, -0.05) is 22.6 Å². The molecule has 0 saturated carbocycles. The number of thiophene rings is 1. The van der Waals surface area contributed by atoms with Crippen LogP contribution in [0.25, 0.3) is 32.2 Å². The van der Waals surface area contributed by atoms with E-state index in [9.17, 15) is 13.2 Å². The maximum absolute atomic E-state index is 12.6. The van der Waals surface area contributed by atoms with Crippen LogP contribution in [0.15, 0.2) is 40.9 Å². The van der Waals surface area contributed by atoms with Crippen LogP contribution < -0.4 is 5.73 Å². The van der Waals surface area contributed by atoms with Gasteiger partial charge in [0.15, 0.2) is 5.13 Å². The van der Waals surface area contributed by atoms with Crippen molar-refractivity contribution in [1.29, 1.82) is 0 Å². The fraction of sp³-hybridized carbons (Fsp3) is 0.118. The van der Waals surface area contributed by atoms with Gasteiger partial charge in [0.1, 0.15) is 5.69 Å². The molecule has 0 unspecified atom stereocenters. The molecule has 152 valence electrons. The van der Waals surface area contributed by atoms with Gasteiger partial charge in [0.05, 0.1) is 27.8 Å². The average Bonchev–Trinajstić information content (AvgIpc) is 3.46. The van der Waals surface area contributed by atoms with Crippen LogP contribution in [0, 0.1) is 0 Å². The number of thiazole rings is 1. The van der Waals surface area contributed by atoms with Gasteiger partial charge in [-0.15, -0.1) is 26.6 Å². The highest BCUT2D eigenvalue weighted by Gasteiger charge is 2.38. The molecule has 0 amide bonds. The predicted octanol–water partition coefficient (Wildman–Crippen LogP) is 4.32. The minimum Gasteiger partial charge on any atom is -0.412 e. The Balaban J connectivity index is 1.34. The number of hydrogen-bond acceptors (Lipinski definition) is 9. The number of nitrogens with zero attached hydrogens (tertiary/aromatic N) is 6. The van der Waals surface area contributed by atoms with E-state index in [0.29, 0.717) is 22.2 Å². The molecule has 0 saturated heterocycles. The SMILES string of the molecule is Nc1nc2ccc(-c3cn(Cc4ccc(-c5nnc(C(F)(F)F)o5)s4)nn3)cc2s1. The maximum atomic E-state index is 12.6. The lowest BCUT2D eigenvalue weighted by atomic mass is 10.1. The first-order chi connectivity index (χ1) is 14.3. The summed E-state index contributed by atoms with van der Waals surface area (Å²) in [5, 5.41) is 15.3. The number of benzene rings is 1. The Bertz CT molecular complexity index is 1350. The van der Waals surface area contributed by atoms with Crippen LogP contribution in [0.3, 0.4) is 0 Å². The summed E-state index contributed by atoms with van der Waals surface area (Å²) in [4.78, 5) is 5.52. The lowest BCUT2D eigenvalue weighted by Gasteiger charge is -1.97. The average molecular weight is 449 g/mol. The second-order valence-electron chi connectivity index (χ2n) is 6.21. The third-order valence-electron chi connectivity index (χ3n) is 4.10. The monoisotopic (exact) mass is 449 g/mol. The van der Waals surface area contributed by atoms with Crippen molar-refractivity contribution < 1.29 is 17.6 Å². The number of alkyl halides is 3. The molecule has 30 heavy (non-hydrogen) atoms. The zero-order valence-electron chi connectivity index (χ0n) is 14.8. The van der Waals surface area contributed by atoms with Crippen LogP contribution in [0.1, 0.15) is 10.8 Å². The molecule has 4 aromatic heterocycles. The van der Waals surface area contributed by atoms with Gasteiger partial charge in [-0.2, -0.15) is 13.2 Å².